The molecular weight excluding hydrogens is 256 g/mol. The van der Waals surface area contributed by atoms with Crippen LogP contribution >= 0.6 is 0 Å². The first kappa shape index (κ1) is 13.7. The lowest BCUT2D eigenvalue weighted by Gasteiger charge is -2.09. The Morgan fingerprint density at radius 3 is 2.35 bits per heavy atom. The summed E-state index contributed by atoms with van der Waals surface area (Å²) in [5, 5.41) is 5.30. The van der Waals surface area contributed by atoms with Crippen LogP contribution in [-0.4, -0.2) is 19.9 Å². The SMILES string of the molecule is COc1ccc(NC(=O)NCOc2ccccc2)cc1. The van der Waals surface area contributed by atoms with Crippen molar-refractivity contribution >= 4 is 11.7 Å². The Hall–Kier alpha value is -2.69. The smallest absolute Gasteiger partial charge is 0.321 e. The average molecular weight is 272 g/mol. The van der Waals surface area contributed by atoms with Crippen molar-refractivity contribution in [2.24, 2.45) is 0 Å². The van der Waals surface area contributed by atoms with E-state index in [0.29, 0.717) is 11.4 Å². The number of hydrogen-bond acceptors (Lipinski definition) is 3. The van der Waals surface area contributed by atoms with Gasteiger partial charge in [-0.15, -0.1) is 0 Å². The van der Waals surface area contributed by atoms with E-state index >= 15 is 0 Å². The van der Waals surface area contributed by atoms with Gasteiger partial charge < -0.3 is 20.1 Å². The Morgan fingerprint density at radius 1 is 1.00 bits per heavy atom. The third-order valence-corrected chi connectivity index (χ3v) is 2.56. The summed E-state index contributed by atoms with van der Waals surface area (Å²) in [4.78, 5) is 11.6. The fourth-order valence-corrected chi connectivity index (χ4v) is 1.55. The third-order valence-electron chi connectivity index (χ3n) is 2.56. The second-order valence-electron chi connectivity index (χ2n) is 3.96. The van der Waals surface area contributed by atoms with Crippen LogP contribution in [0.2, 0.25) is 0 Å². The monoisotopic (exact) mass is 272 g/mol. The second kappa shape index (κ2) is 7.04. The molecule has 0 heterocycles. The molecule has 0 bridgehead atoms. The molecular formula is C15H16N2O3. The standard InChI is InChI=1S/C15H16N2O3/c1-19-13-9-7-12(8-10-13)17-15(18)16-11-20-14-5-3-2-4-6-14/h2-10H,11H2,1H3,(H2,16,17,18). The highest BCUT2D eigenvalue weighted by Gasteiger charge is 2.01. The molecule has 0 aliphatic carbocycles. The van der Waals surface area contributed by atoms with Gasteiger partial charge in [0.05, 0.1) is 7.11 Å². The van der Waals surface area contributed by atoms with Gasteiger partial charge in [-0.05, 0) is 36.4 Å². The van der Waals surface area contributed by atoms with Crippen molar-refractivity contribution in [2.75, 3.05) is 19.2 Å². The number of anilines is 1. The van der Waals surface area contributed by atoms with Crippen LogP contribution in [0.4, 0.5) is 10.5 Å². The minimum Gasteiger partial charge on any atom is -0.497 e. The molecule has 0 saturated carbocycles. The highest BCUT2D eigenvalue weighted by molar-refractivity contribution is 5.89. The van der Waals surface area contributed by atoms with Crippen molar-refractivity contribution in [3.8, 4) is 11.5 Å². The van der Waals surface area contributed by atoms with Crippen molar-refractivity contribution in [2.45, 2.75) is 0 Å². The van der Waals surface area contributed by atoms with Crippen LogP contribution in [0.3, 0.4) is 0 Å². The normalized spacial score (nSPS) is 9.65. The number of carbonyl (C=O) groups is 1. The molecule has 2 N–H and O–H groups in total. The summed E-state index contributed by atoms with van der Waals surface area (Å²) >= 11 is 0. The van der Waals surface area contributed by atoms with E-state index in [4.69, 9.17) is 9.47 Å². The summed E-state index contributed by atoms with van der Waals surface area (Å²) in [5.41, 5.74) is 0.683. The van der Waals surface area contributed by atoms with Gasteiger partial charge in [0.1, 0.15) is 11.5 Å². The van der Waals surface area contributed by atoms with E-state index in [1.807, 2.05) is 30.3 Å². The summed E-state index contributed by atoms with van der Waals surface area (Å²) in [5.74, 6) is 1.45. The molecule has 0 spiro atoms. The second-order valence-corrected chi connectivity index (χ2v) is 3.96. The first-order valence-corrected chi connectivity index (χ1v) is 6.14. The minimum absolute atomic E-state index is 0.103. The fraction of sp³-hybridized carbons (Fsp3) is 0.133. The van der Waals surface area contributed by atoms with Gasteiger partial charge in [0, 0.05) is 5.69 Å². The van der Waals surface area contributed by atoms with E-state index in [1.54, 1.807) is 31.4 Å². The van der Waals surface area contributed by atoms with Crippen LogP contribution in [0.5, 0.6) is 11.5 Å². The molecule has 0 saturated heterocycles. The molecule has 0 atom stereocenters. The van der Waals surface area contributed by atoms with Crippen molar-refractivity contribution in [3.05, 3.63) is 54.6 Å². The third kappa shape index (κ3) is 4.20. The number of nitrogens with one attached hydrogen (secondary N) is 2. The topological polar surface area (TPSA) is 59.6 Å². The number of hydrogen-bond donors (Lipinski definition) is 2. The van der Waals surface area contributed by atoms with E-state index in [1.165, 1.54) is 0 Å². The maximum Gasteiger partial charge on any atom is 0.321 e. The van der Waals surface area contributed by atoms with Crippen LogP contribution < -0.4 is 20.1 Å². The number of ether oxygens (including phenoxy) is 2. The fourth-order valence-electron chi connectivity index (χ4n) is 1.55. The number of para-hydroxylation sites is 1. The minimum atomic E-state index is -0.328. The Morgan fingerprint density at radius 2 is 1.70 bits per heavy atom. The summed E-state index contributed by atoms with van der Waals surface area (Å²) in [6, 6.07) is 16.0. The van der Waals surface area contributed by atoms with E-state index in [9.17, 15) is 4.79 Å². The average Bonchev–Trinajstić information content (AvgIpc) is 2.49. The molecule has 2 amide bonds. The largest absolute Gasteiger partial charge is 0.497 e. The van der Waals surface area contributed by atoms with Crippen molar-refractivity contribution < 1.29 is 14.3 Å². The molecule has 20 heavy (non-hydrogen) atoms. The Balaban J connectivity index is 1.74. The molecule has 2 aromatic carbocycles. The zero-order chi connectivity index (χ0) is 14.2. The molecule has 5 heteroatoms. The first-order valence-electron chi connectivity index (χ1n) is 6.14. The molecule has 0 fully saturated rings. The zero-order valence-electron chi connectivity index (χ0n) is 11.1. The van der Waals surface area contributed by atoms with Crippen LogP contribution in [0.1, 0.15) is 0 Å². The lowest BCUT2D eigenvalue weighted by atomic mass is 10.3. The molecule has 5 nitrogen and oxygen atoms in total. The highest BCUT2D eigenvalue weighted by Crippen LogP contribution is 2.14. The molecule has 0 radical (unpaired) electrons. The lowest BCUT2D eigenvalue weighted by molar-refractivity contribution is 0.234. The van der Waals surface area contributed by atoms with E-state index in [-0.39, 0.29) is 12.8 Å². The molecule has 2 aromatic rings. The maximum absolute atomic E-state index is 11.6. The molecule has 0 aliphatic rings. The van der Waals surface area contributed by atoms with Crippen LogP contribution in [-0.2, 0) is 0 Å². The van der Waals surface area contributed by atoms with Crippen molar-refractivity contribution in [1.29, 1.82) is 0 Å². The first-order chi connectivity index (χ1) is 9.78. The van der Waals surface area contributed by atoms with Gasteiger partial charge in [0.25, 0.3) is 0 Å². The van der Waals surface area contributed by atoms with Gasteiger partial charge in [0.15, 0.2) is 6.73 Å². The quantitative estimate of drug-likeness (QED) is 0.823. The van der Waals surface area contributed by atoms with Gasteiger partial charge in [-0.2, -0.15) is 0 Å². The van der Waals surface area contributed by atoms with Gasteiger partial charge in [-0.3, -0.25) is 0 Å². The number of carbonyl (C=O) groups excluding carboxylic acids is 1. The lowest BCUT2D eigenvalue weighted by Crippen LogP contribution is -2.31. The number of benzene rings is 2. The van der Waals surface area contributed by atoms with E-state index in [0.717, 1.165) is 5.75 Å². The molecule has 0 aliphatic heterocycles. The summed E-state index contributed by atoms with van der Waals surface area (Å²) < 4.78 is 10.4. The van der Waals surface area contributed by atoms with Crippen LogP contribution in [0.15, 0.2) is 54.6 Å². The summed E-state index contributed by atoms with van der Waals surface area (Å²) in [7, 11) is 1.59. The molecule has 104 valence electrons. The Bertz CT molecular complexity index is 541. The number of rotatable bonds is 5. The Kier molecular flexibility index (Phi) is 4.83. The number of urea groups is 1. The molecule has 2 rings (SSSR count). The number of methoxy groups -OCH3 is 1. The summed E-state index contributed by atoms with van der Waals surface area (Å²) in [6.45, 7) is 0.103. The predicted octanol–water partition coefficient (Wildman–Crippen LogP) is 2.85. The van der Waals surface area contributed by atoms with Crippen molar-refractivity contribution in [3.63, 3.8) is 0 Å². The van der Waals surface area contributed by atoms with E-state index < -0.39 is 0 Å². The van der Waals surface area contributed by atoms with E-state index in [2.05, 4.69) is 10.6 Å². The zero-order valence-corrected chi connectivity index (χ0v) is 11.1. The van der Waals surface area contributed by atoms with Gasteiger partial charge in [-0.1, -0.05) is 18.2 Å². The van der Waals surface area contributed by atoms with Gasteiger partial charge in [0.2, 0.25) is 0 Å². The van der Waals surface area contributed by atoms with Crippen LogP contribution in [0, 0.1) is 0 Å². The number of amides is 2. The molecule has 0 aromatic heterocycles. The Labute approximate surface area is 117 Å². The van der Waals surface area contributed by atoms with Crippen molar-refractivity contribution in [1.82, 2.24) is 5.32 Å². The van der Waals surface area contributed by atoms with Gasteiger partial charge >= 0.3 is 6.03 Å². The van der Waals surface area contributed by atoms with Gasteiger partial charge in [-0.25, -0.2) is 4.79 Å². The maximum atomic E-state index is 11.6. The van der Waals surface area contributed by atoms with Crippen LogP contribution in [0.25, 0.3) is 0 Å². The predicted molar refractivity (Wildman–Crippen MR) is 77.1 cm³/mol. The highest BCUT2D eigenvalue weighted by atomic mass is 16.5. The molecule has 0 unspecified atom stereocenters. The summed E-state index contributed by atoms with van der Waals surface area (Å²) in [6.07, 6.45) is 0.